The highest BCUT2D eigenvalue weighted by molar-refractivity contribution is 5.89. The third-order valence-corrected chi connectivity index (χ3v) is 1.53. The molecule has 0 amide bonds. The van der Waals surface area contributed by atoms with Crippen LogP contribution in [0.4, 0.5) is 0 Å². The van der Waals surface area contributed by atoms with Gasteiger partial charge in [-0.1, -0.05) is 42.5 Å². The van der Waals surface area contributed by atoms with Crippen molar-refractivity contribution < 1.29 is 19.8 Å². The zero-order valence-electron chi connectivity index (χ0n) is 9.41. The number of rotatable bonds is 3. The number of carbonyl (C=O) groups is 2. The molecule has 17 heavy (non-hydrogen) atoms. The van der Waals surface area contributed by atoms with Crippen LogP contribution in [0.25, 0.3) is 6.08 Å². The van der Waals surface area contributed by atoms with E-state index in [2.05, 4.69) is 18.2 Å². The fourth-order valence-corrected chi connectivity index (χ4v) is 0.899. The molecule has 0 spiro atoms. The number of benzene rings is 1. The highest BCUT2D eigenvalue weighted by atomic mass is 16.4. The van der Waals surface area contributed by atoms with E-state index in [4.69, 9.17) is 10.2 Å². The minimum absolute atomic E-state index is 0.558. The van der Waals surface area contributed by atoms with E-state index in [0.29, 0.717) is 12.2 Å². The smallest absolute Gasteiger partial charge is 0.328 e. The Kier molecular flexibility index (Phi) is 7.67. The molecule has 4 nitrogen and oxygen atoms in total. The van der Waals surface area contributed by atoms with Crippen LogP contribution >= 0.6 is 0 Å². The Morgan fingerprint density at radius 3 is 1.82 bits per heavy atom. The highest BCUT2D eigenvalue weighted by Crippen LogP contribution is 1.99. The first-order valence-corrected chi connectivity index (χ1v) is 4.88. The summed E-state index contributed by atoms with van der Waals surface area (Å²) in [5, 5.41) is 15.6. The van der Waals surface area contributed by atoms with Crippen LogP contribution in [-0.4, -0.2) is 22.2 Å². The standard InChI is InChI=1S/C9H10.C4H4O4/c1-2-6-9-7-4-3-5-8-9;5-3(6)1-2-4(7)8/h2-8H,1H3;1-2H,(H,5,6)(H,7,8)/b;2-1-. The Morgan fingerprint density at radius 1 is 1.00 bits per heavy atom. The van der Waals surface area contributed by atoms with E-state index in [1.54, 1.807) is 0 Å². The predicted octanol–water partition coefficient (Wildman–Crippen LogP) is 2.43. The Hall–Kier alpha value is -2.36. The van der Waals surface area contributed by atoms with Gasteiger partial charge in [0.05, 0.1) is 0 Å². The number of hydrogen-bond donors (Lipinski definition) is 2. The van der Waals surface area contributed by atoms with Gasteiger partial charge in [0, 0.05) is 12.2 Å². The summed E-state index contributed by atoms with van der Waals surface area (Å²) in [6, 6.07) is 10.3. The van der Waals surface area contributed by atoms with Gasteiger partial charge in [-0.05, 0) is 12.5 Å². The summed E-state index contributed by atoms with van der Waals surface area (Å²) in [5.74, 6) is -2.51. The SMILES string of the molecule is CC=Cc1ccccc1.O=C(O)/C=C\C(=O)O. The Balaban J connectivity index is 0.000000304. The average molecular weight is 234 g/mol. The van der Waals surface area contributed by atoms with E-state index in [1.165, 1.54) is 5.56 Å². The first kappa shape index (κ1) is 14.6. The van der Waals surface area contributed by atoms with Crippen molar-refractivity contribution in [3.05, 3.63) is 54.1 Å². The lowest BCUT2D eigenvalue weighted by Gasteiger charge is -1.86. The molecule has 1 aromatic carbocycles. The average Bonchev–Trinajstić information content (AvgIpc) is 2.29. The second-order valence-corrected chi connectivity index (χ2v) is 2.92. The van der Waals surface area contributed by atoms with Crippen molar-refractivity contribution in [3.8, 4) is 0 Å². The van der Waals surface area contributed by atoms with Crippen LogP contribution < -0.4 is 0 Å². The van der Waals surface area contributed by atoms with Crippen molar-refractivity contribution in [3.63, 3.8) is 0 Å². The Labute approximate surface area is 99.5 Å². The number of carboxylic acids is 2. The van der Waals surface area contributed by atoms with Gasteiger partial charge in [0.1, 0.15) is 0 Å². The van der Waals surface area contributed by atoms with Crippen molar-refractivity contribution in [2.45, 2.75) is 6.92 Å². The van der Waals surface area contributed by atoms with Gasteiger partial charge in [-0.3, -0.25) is 0 Å². The summed E-state index contributed by atoms with van der Waals surface area (Å²) in [7, 11) is 0. The van der Waals surface area contributed by atoms with Crippen LogP contribution in [0.1, 0.15) is 12.5 Å². The van der Waals surface area contributed by atoms with Gasteiger partial charge in [-0.2, -0.15) is 0 Å². The van der Waals surface area contributed by atoms with Crippen molar-refractivity contribution >= 4 is 18.0 Å². The minimum Gasteiger partial charge on any atom is -0.478 e. The monoisotopic (exact) mass is 234 g/mol. The molecule has 90 valence electrons. The molecule has 0 saturated heterocycles. The van der Waals surface area contributed by atoms with Crippen LogP contribution in [0.2, 0.25) is 0 Å². The molecule has 0 radical (unpaired) electrons. The van der Waals surface area contributed by atoms with Crippen LogP contribution in [0.15, 0.2) is 48.6 Å². The molecule has 0 unspecified atom stereocenters. The predicted molar refractivity (Wildman–Crippen MR) is 65.6 cm³/mol. The van der Waals surface area contributed by atoms with Crippen molar-refractivity contribution in [1.29, 1.82) is 0 Å². The second-order valence-electron chi connectivity index (χ2n) is 2.92. The summed E-state index contributed by atoms with van der Waals surface area (Å²) in [4.78, 5) is 19.1. The lowest BCUT2D eigenvalue weighted by Crippen LogP contribution is -1.91. The summed E-state index contributed by atoms with van der Waals surface area (Å²) in [6.07, 6.45) is 5.24. The van der Waals surface area contributed by atoms with Crippen molar-refractivity contribution in [2.75, 3.05) is 0 Å². The van der Waals surface area contributed by atoms with E-state index < -0.39 is 11.9 Å². The van der Waals surface area contributed by atoms with Crippen molar-refractivity contribution in [1.82, 2.24) is 0 Å². The molecule has 0 aliphatic heterocycles. The Morgan fingerprint density at radius 2 is 1.47 bits per heavy atom. The summed E-state index contributed by atoms with van der Waals surface area (Å²) in [5.41, 5.74) is 1.26. The van der Waals surface area contributed by atoms with E-state index in [1.807, 2.05) is 31.2 Å². The van der Waals surface area contributed by atoms with E-state index in [-0.39, 0.29) is 0 Å². The maximum Gasteiger partial charge on any atom is 0.328 e. The number of aliphatic carboxylic acids is 2. The van der Waals surface area contributed by atoms with E-state index in [0.717, 1.165) is 0 Å². The first-order chi connectivity index (χ1) is 8.06. The maximum absolute atomic E-state index is 9.55. The van der Waals surface area contributed by atoms with Crippen LogP contribution in [0, 0.1) is 0 Å². The first-order valence-electron chi connectivity index (χ1n) is 4.88. The van der Waals surface area contributed by atoms with Gasteiger partial charge in [-0.25, -0.2) is 9.59 Å². The highest BCUT2D eigenvalue weighted by Gasteiger charge is 1.88. The molecule has 0 aromatic heterocycles. The number of allylic oxidation sites excluding steroid dienone is 1. The molecule has 1 rings (SSSR count). The lowest BCUT2D eigenvalue weighted by atomic mass is 10.2. The van der Waals surface area contributed by atoms with Gasteiger partial charge < -0.3 is 10.2 Å². The molecular formula is C13H14O4. The van der Waals surface area contributed by atoms with Crippen LogP contribution in [0.5, 0.6) is 0 Å². The van der Waals surface area contributed by atoms with Gasteiger partial charge in [0.25, 0.3) is 0 Å². The maximum atomic E-state index is 9.55. The van der Waals surface area contributed by atoms with Gasteiger partial charge in [0.15, 0.2) is 0 Å². The third-order valence-electron chi connectivity index (χ3n) is 1.53. The number of carboxylic acid groups (broad SMARTS) is 2. The topological polar surface area (TPSA) is 74.6 Å². The quantitative estimate of drug-likeness (QED) is 0.787. The molecule has 0 aliphatic rings. The summed E-state index contributed by atoms with van der Waals surface area (Å²) in [6.45, 7) is 2.02. The fourth-order valence-electron chi connectivity index (χ4n) is 0.899. The summed E-state index contributed by atoms with van der Waals surface area (Å²) >= 11 is 0. The molecule has 0 fully saturated rings. The van der Waals surface area contributed by atoms with Gasteiger partial charge in [-0.15, -0.1) is 0 Å². The molecule has 0 saturated carbocycles. The normalized spacial score (nSPS) is 9.94. The third kappa shape index (κ3) is 9.93. The molecule has 0 aliphatic carbocycles. The van der Waals surface area contributed by atoms with Crippen LogP contribution in [-0.2, 0) is 9.59 Å². The van der Waals surface area contributed by atoms with E-state index in [9.17, 15) is 9.59 Å². The molecule has 1 aromatic rings. The zero-order valence-corrected chi connectivity index (χ0v) is 9.41. The lowest BCUT2D eigenvalue weighted by molar-refractivity contribution is -0.134. The molecule has 2 N–H and O–H groups in total. The largest absolute Gasteiger partial charge is 0.478 e. The molecule has 0 atom stereocenters. The molecule has 4 heteroatoms. The minimum atomic E-state index is -1.26. The molecule has 0 bridgehead atoms. The number of hydrogen-bond acceptors (Lipinski definition) is 2. The second kappa shape index (κ2) is 8.91. The van der Waals surface area contributed by atoms with Crippen LogP contribution in [0.3, 0.4) is 0 Å². The fraction of sp³-hybridized carbons (Fsp3) is 0.0769. The molecular weight excluding hydrogens is 220 g/mol. The van der Waals surface area contributed by atoms with Crippen molar-refractivity contribution in [2.24, 2.45) is 0 Å². The zero-order chi connectivity index (χ0) is 13.1. The Bertz CT molecular complexity index is 389. The van der Waals surface area contributed by atoms with Gasteiger partial charge >= 0.3 is 11.9 Å². The summed E-state index contributed by atoms with van der Waals surface area (Å²) < 4.78 is 0. The van der Waals surface area contributed by atoms with Gasteiger partial charge in [0.2, 0.25) is 0 Å². The molecule has 0 heterocycles. The van der Waals surface area contributed by atoms with E-state index >= 15 is 0 Å².